The van der Waals surface area contributed by atoms with Gasteiger partial charge in [0, 0.05) is 12.1 Å². The van der Waals surface area contributed by atoms with Gasteiger partial charge in [0.05, 0.1) is 6.61 Å². The lowest BCUT2D eigenvalue weighted by Gasteiger charge is -2.16. The lowest BCUT2D eigenvalue weighted by molar-refractivity contribution is -0.153. The van der Waals surface area contributed by atoms with Gasteiger partial charge in [0.25, 0.3) is 5.91 Å². The van der Waals surface area contributed by atoms with Crippen molar-refractivity contribution >= 4 is 17.6 Å². The first kappa shape index (κ1) is 20.5. The Morgan fingerprint density at radius 3 is 2.37 bits per heavy atom. The zero-order chi connectivity index (χ0) is 19.8. The van der Waals surface area contributed by atoms with Crippen LogP contribution in [0.15, 0.2) is 42.5 Å². The monoisotopic (exact) mass is 369 g/mol. The molecule has 0 unspecified atom stereocenters. The molecule has 0 fully saturated rings. The van der Waals surface area contributed by atoms with Gasteiger partial charge in [-0.25, -0.2) is 0 Å². The third kappa shape index (κ3) is 6.44. The molecule has 0 aliphatic rings. The van der Waals surface area contributed by atoms with Gasteiger partial charge in [-0.3, -0.25) is 9.59 Å². The summed E-state index contributed by atoms with van der Waals surface area (Å²) < 4.78 is 10.8. The Balaban J connectivity index is 1.73. The van der Waals surface area contributed by atoms with E-state index in [9.17, 15) is 9.59 Å². The van der Waals surface area contributed by atoms with Gasteiger partial charge in [0.2, 0.25) is 0 Å². The molecular formula is C22H27NO4. The minimum Gasteiger partial charge on any atom is -0.494 e. The molecule has 144 valence electrons. The van der Waals surface area contributed by atoms with E-state index in [2.05, 4.69) is 5.32 Å². The third-order valence-electron chi connectivity index (χ3n) is 4.19. The van der Waals surface area contributed by atoms with E-state index in [1.165, 1.54) is 0 Å². The normalized spacial score (nSPS) is 11.6. The fraction of sp³-hybridized carbons (Fsp3) is 0.364. The van der Waals surface area contributed by atoms with Gasteiger partial charge < -0.3 is 14.8 Å². The van der Waals surface area contributed by atoms with E-state index >= 15 is 0 Å². The second-order valence-corrected chi connectivity index (χ2v) is 6.66. The van der Waals surface area contributed by atoms with Gasteiger partial charge >= 0.3 is 5.97 Å². The second kappa shape index (κ2) is 9.76. The quantitative estimate of drug-likeness (QED) is 0.555. The van der Waals surface area contributed by atoms with Crippen LogP contribution in [0.5, 0.6) is 5.75 Å². The number of aryl methyl sites for hydroxylation is 3. The molecule has 0 aliphatic carbocycles. The van der Waals surface area contributed by atoms with Crippen molar-refractivity contribution in [2.24, 2.45) is 0 Å². The van der Waals surface area contributed by atoms with Crippen LogP contribution in [-0.4, -0.2) is 24.6 Å². The van der Waals surface area contributed by atoms with E-state index in [0.717, 1.165) is 28.1 Å². The average Bonchev–Trinajstić information content (AvgIpc) is 2.62. The highest BCUT2D eigenvalue weighted by molar-refractivity contribution is 5.96. The molecule has 0 aliphatic heterocycles. The number of amides is 1. The van der Waals surface area contributed by atoms with E-state index in [-0.39, 0.29) is 12.3 Å². The fourth-order valence-electron chi connectivity index (χ4n) is 2.66. The number of esters is 1. The summed E-state index contributed by atoms with van der Waals surface area (Å²) in [6.07, 6.45) is -0.126. The van der Waals surface area contributed by atoms with Gasteiger partial charge in [0.1, 0.15) is 5.75 Å². The predicted molar refractivity (Wildman–Crippen MR) is 106 cm³/mol. The van der Waals surface area contributed by atoms with Crippen molar-refractivity contribution in [1.29, 1.82) is 0 Å². The zero-order valence-electron chi connectivity index (χ0n) is 16.4. The average molecular weight is 369 g/mol. The van der Waals surface area contributed by atoms with E-state index < -0.39 is 12.1 Å². The number of ether oxygens (including phenoxy) is 2. The largest absolute Gasteiger partial charge is 0.494 e. The number of hydrogen-bond donors (Lipinski definition) is 1. The van der Waals surface area contributed by atoms with Crippen LogP contribution in [0.3, 0.4) is 0 Å². The number of hydrogen-bond acceptors (Lipinski definition) is 4. The van der Waals surface area contributed by atoms with Crippen LogP contribution in [-0.2, 0) is 14.3 Å². The highest BCUT2D eigenvalue weighted by atomic mass is 16.5. The van der Waals surface area contributed by atoms with Crippen molar-refractivity contribution in [2.45, 2.75) is 46.6 Å². The molecule has 0 heterocycles. The van der Waals surface area contributed by atoms with Crippen molar-refractivity contribution in [2.75, 3.05) is 11.9 Å². The second-order valence-electron chi connectivity index (χ2n) is 6.66. The Kier molecular flexibility index (Phi) is 7.41. The molecule has 1 N–H and O–H groups in total. The van der Waals surface area contributed by atoms with Crippen molar-refractivity contribution in [3.05, 3.63) is 59.2 Å². The Hall–Kier alpha value is -2.82. The summed E-state index contributed by atoms with van der Waals surface area (Å²) >= 11 is 0. The summed E-state index contributed by atoms with van der Waals surface area (Å²) in [5.41, 5.74) is 3.82. The number of carbonyl (C=O) groups excluding carboxylic acids is 2. The van der Waals surface area contributed by atoms with E-state index in [0.29, 0.717) is 13.0 Å². The molecule has 27 heavy (non-hydrogen) atoms. The molecule has 0 radical (unpaired) electrons. The van der Waals surface area contributed by atoms with Gasteiger partial charge in [0.15, 0.2) is 6.10 Å². The lowest BCUT2D eigenvalue weighted by Crippen LogP contribution is -2.30. The molecule has 0 aromatic heterocycles. The number of rotatable bonds is 8. The van der Waals surface area contributed by atoms with Crippen molar-refractivity contribution in [1.82, 2.24) is 0 Å². The first-order valence-electron chi connectivity index (χ1n) is 9.13. The number of nitrogens with one attached hydrogen (secondary N) is 1. The van der Waals surface area contributed by atoms with Gasteiger partial charge in [-0.15, -0.1) is 0 Å². The highest BCUT2D eigenvalue weighted by Gasteiger charge is 2.19. The van der Waals surface area contributed by atoms with E-state index in [1.54, 1.807) is 6.92 Å². The fourth-order valence-corrected chi connectivity index (χ4v) is 2.66. The zero-order valence-corrected chi connectivity index (χ0v) is 16.4. The summed E-state index contributed by atoms with van der Waals surface area (Å²) in [6, 6.07) is 13.5. The first-order valence-corrected chi connectivity index (χ1v) is 9.13. The van der Waals surface area contributed by atoms with Crippen molar-refractivity contribution in [3.8, 4) is 5.75 Å². The standard InChI is InChI=1S/C22H27NO4/c1-15-8-5-11-19(14-15)26-13-7-12-20(24)27-18(4)22(25)23-21-16(2)9-6-10-17(21)3/h5-6,8-11,14,18H,7,12-13H2,1-4H3,(H,23,25)/t18-/m0/s1. The summed E-state index contributed by atoms with van der Waals surface area (Å²) in [5.74, 6) is 0.0356. The van der Waals surface area contributed by atoms with Crippen LogP contribution in [0, 0.1) is 20.8 Å². The smallest absolute Gasteiger partial charge is 0.306 e. The van der Waals surface area contributed by atoms with Gasteiger partial charge in [-0.2, -0.15) is 0 Å². The molecule has 2 aromatic carbocycles. The molecule has 1 atom stereocenters. The maximum absolute atomic E-state index is 12.3. The van der Waals surface area contributed by atoms with Gasteiger partial charge in [-0.05, 0) is 62.9 Å². The third-order valence-corrected chi connectivity index (χ3v) is 4.19. The van der Waals surface area contributed by atoms with E-state index in [4.69, 9.17) is 9.47 Å². The Labute approximate surface area is 160 Å². The molecule has 1 amide bonds. The summed E-state index contributed by atoms with van der Waals surface area (Å²) in [4.78, 5) is 24.2. The first-order chi connectivity index (χ1) is 12.9. The van der Waals surface area contributed by atoms with E-state index in [1.807, 2.05) is 63.2 Å². The van der Waals surface area contributed by atoms with Gasteiger partial charge in [-0.1, -0.05) is 30.3 Å². The topological polar surface area (TPSA) is 64.6 Å². The number of anilines is 1. The molecule has 5 nitrogen and oxygen atoms in total. The molecule has 0 bridgehead atoms. The van der Waals surface area contributed by atoms with Crippen molar-refractivity contribution in [3.63, 3.8) is 0 Å². The highest BCUT2D eigenvalue weighted by Crippen LogP contribution is 2.20. The molecule has 2 aromatic rings. The SMILES string of the molecule is Cc1cccc(OCCCC(=O)O[C@@H](C)C(=O)Nc2c(C)cccc2C)c1. The molecule has 0 saturated heterocycles. The maximum Gasteiger partial charge on any atom is 0.306 e. The predicted octanol–water partition coefficient (Wildman–Crippen LogP) is 4.34. The van der Waals surface area contributed by atoms with Crippen LogP contribution < -0.4 is 10.1 Å². The Bertz CT molecular complexity index is 780. The molecule has 0 saturated carbocycles. The summed E-state index contributed by atoms with van der Waals surface area (Å²) in [6.45, 7) is 7.84. The minimum atomic E-state index is -0.853. The van der Waals surface area contributed by atoms with Crippen LogP contribution in [0.2, 0.25) is 0 Å². The lowest BCUT2D eigenvalue weighted by atomic mass is 10.1. The van der Waals surface area contributed by atoms with Crippen LogP contribution in [0.25, 0.3) is 0 Å². The molecule has 5 heteroatoms. The minimum absolute atomic E-state index is 0.201. The van der Waals surface area contributed by atoms with Crippen LogP contribution in [0.1, 0.15) is 36.5 Å². The molecule has 2 rings (SSSR count). The molecular weight excluding hydrogens is 342 g/mol. The number of para-hydroxylation sites is 1. The summed E-state index contributed by atoms with van der Waals surface area (Å²) in [7, 11) is 0. The Morgan fingerprint density at radius 1 is 1.04 bits per heavy atom. The Morgan fingerprint density at radius 2 is 1.70 bits per heavy atom. The van der Waals surface area contributed by atoms with Crippen LogP contribution >= 0.6 is 0 Å². The van der Waals surface area contributed by atoms with Crippen LogP contribution in [0.4, 0.5) is 5.69 Å². The summed E-state index contributed by atoms with van der Waals surface area (Å²) in [5, 5.41) is 2.84. The van der Waals surface area contributed by atoms with Crippen molar-refractivity contribution < 1.29 is 19.1 Å². The number of benzene rings is 2. The molecule has 0 spiro atoms. The number of carbonyl (C=O) groups is 2. The maximum atomic E-state index is 12.3.